The maximum atomic E-state index is 12.5. The molecule has 2 aromatic heterocycles. The molecule has 3 heterocycles. The summed E-state index contributed by atoms with van der Waals surface area (Å²) in [5.41, 5.74) is 2.78. The van der Waals surface area contributed by atoms with Crippen LogP contribution in [0.3, 0.4) is 0 Å². The first-order valence-electron chi connectivity index (χ1n) is 9.05. The van der Waals surface area contributed by atoms with Crippen LogP contribution in [0.4, 0.5) is 4.79 Å². The van der Waals surface area contributed by atoms with Crippen molar-refractivity contribution in [3.63, 3.8) is 0 Å². The summed E-state index contributed by atoms with van der Waals surface area (Å²) < 4.78 is 0. The zero-order chi connectivity index (χ0) is 18.8. The predicted octanol–water partition coefficient (Wildman–Crippen LogP) is 3.40. The van der Waals surface area contributed by atoms with Crippen LogP contribution >= 0.6 is 11.6 Å². The second-order valence-corrected chi connectivity index (χ2v) is 7.23. The number of benzene rings is 1. The number of carbonyl (C=O) groups is 1. The first kappa shape index (κ1) is 17.7. The molecule has 1 saturated heterocycles. The fourth-order valence-corrected chi connectivity index (χ4v) is 3.64. The Morgan fingerprint density at radius 1 is 1.30 bits per heavy atom. The Hall–Kier alpha value is -2.67. The van der Waals surface area contributed by atoms with Gasteiger partial charge in [-0.2, -0.15) is 0 Å². The van der Waals surface area contributed by atoms with Gasteiger partial charge in [0.25, 0.3) is 0 Å². The molecule has 3 aromatic rings. The van der Waals surface area contributed by atoms with Gasteiger partial charge in [0.15, 0.2) is 0 Å². The van der Waals surface area contributed by atoms with E-state index in [0.29, 0.717) is 23.3 Å². The first-order chi connectivity index (χ1) is 13.1. The number of nitrogens with zero attached hydrogens (tertiary/aromatic N) is 4. The molecule has 0 unspecified atom stereocenters. The highest BCUT2D eigenvalue weighted by atomic mass is 35.5. The summed E-state index contributed by atoms with van der Waals surface area (Å²) in [5, 5.41) is 3.60. The number of likely N-dealkylation sites (tertiary alicyclic amines) is 1. The van der Waals surface area contributed by atoms with Crippen molar-refractivity contribution in [1.29, 1.82) is 0 Å². The Morgan fingerprint density at radius 2 is 2.11 bits per heavy atom. The predicted molar refractivity (Wildman–Crippen MR) is 104 cm³/mol. The number of aromatic amines is 1. The number of piperidine rings is 1. The molecular weight excluding hydrogens is 364 g/mol. The van der Waals surface area contributed by atoms with Gasteiger partial charge in [0.05, 0.1) is 17.6 Å². The third-order valence-electron chi connectivity index (χ3n) is 4.90. The molecule has 0 bridgehead atoms. The van der Waals surface area contributed by atoms with E-state index < -0.39 is 0 Å². The second kappa shape index (κ2) is 7.52. The number of nitrogens with one attached hydrogen (secondary N) is 2. The van der Waals surface area contributed by atoms with E-state index in [1.54, 1.807) is 12.3 Å². The molecule has 7 nitrogen and oxygen atoms in total. The monoisotopic (exact) mass is 384 g/mol. The number of fused-ring (bicyclic) bond motifs is 1. The summed E-state index contributed by atoms with van der Waals surface area (Å²) in [6.45, 7) is 3.69. The molecule has 1 fully saturated rings. The molecule has 2 amide bonds. The first-order valence-corrected chi connectivity index (χ1v) is 9.43. The minimum Gasteiger partial charge on any atom is -0.340 e. The molecule has 1 aromatic carbocycles. The molecule has 0 radical (unpaired) electrons. The highest BCUT2D eigenvalue weighted by Crippen LogP contribution is 2.26. The lowest BCUT2D eigenvalue weighted by atomic mass is 9.93. The molecule has 0 saturated carbocycles. The number of hydrogen-bond acceptors (Lipinski definition) is 4. The van der Waals surface area contributed by atoms with E-state index in [2.05, 4.69) is 25.3 Å². The zero-order valence-electron chi connectivity index (χ0n) is 15.1. The van der Waals surface area contributed by atoms with Crippen molar-refractivity contribution in [3.8, 4) is 0 Å². The van der Waals surface area contributed by atoms with E-state index in [9.17, 15) is 4.79 Å². The highest BCUT2D eigenvalue weighted by Gasteiger charge is 2.24. The average Bonchev–Trinajstić information content (AvgIpc) is 3.08. The third-order valence-corrected chi connectivity index (χ3v) is 5.13. The van der Waals surface area contributed by atoms with Crippen molar-refractivity contribution in [2.45, 2.75) is 32.2 Å². The molecule has 140 valence electrons. The van der Waals surface area contributed by atoms with Crippen molar-refractivity contribution in [1.82, 2.24) is 30.2 Å². The van der Waals surface area contributed by atoms with Crippen LogP contribution in [0, 0.1) is 6.92 Å². The fraction of sp³-hybridized carbons (Fsp3) is 0.368. The maximum Gasteiger partial charge on any atom is 0.317 e. The van der Waals surface area contributed by atoms with Gasteiger partial charge < -0.3 is 15.2 Å². The summed E-state index contributed by atoms with van der Waals surface area (Å²) in [6.07, 6.45) is 3.62. The number of carbonyl (C=O) groups excluding carboxylic acids is 1. The van der Waals surface area contributed by atoms with E-state index >= 15 is 0 Å². The molecule has 0 atom stereocenters. The number of aryl methyl sites for hydroxylation is 1. The van der Waals surface area contributed by atoms with Crippen molar-refractivity contribution in [2.75, 3.05) is 13.1 Å². The van der Waals surface area contributed by atoms with Crippen LogP contribution in [0.1, 0.15) is 36.1 Å². The van der Waals surface area contributed by atoms with Gasteiger partial charge in [-0.1, -0.05) is 11.6 Å². The number of hydrogen-bond donors (Lipinski definition) is 2. The van der Waals surface area contributed by atoms with Crippen LogP contribution < -0.4 is 5.32 Å². The Bertz CT molecular complexity index is 964. The van der Waals surface area contributed by atoms with Gasteiger partial charge in [-0.3, -0.25) is 0 Å². The molecule has 4 rings (SSSR count). The van der Waals surface area contributed by atoms with E-state index in [-0.39, 0.29) is 6.03 Å². The number of H-pyrrole nitrogens is 1. The average molecular weight is 385 g/mol. The van der Waals surface area contributed by atoms with Gasteiger partial charge >= 0.3 is 6.03 Å². The van der Waals surface area contributed by atoms with Crippen LogP contribution in [0.15, 0.2) is 30.5 Å². The topological polar surface area (TPSA) is 86.8 Å². The number of aromatic nitrogens is 4. The van der Waals surface area contributed by atoms with Crippen molar-refractivity contribution >= 4 is 28.7 Å². The molecule has 27 heavy (non-hydrogen) atoms. The maximum absolute atomic E-state index is 12.5. The molecule has 2 N–H and O–H groups in total. The standard InChI is InChI=1S/C19H21ClN6O/c1-12-21-7-4-15(23-12)13-5-8-26(9-6-13)19(27)22-11-18-24-16-3-2-14(20)10-17(16)25-18/h2-4,7,10,13H,5-6,8-9,11H2,1H3,(H,22,27)(H,24,25). The quantitative estimate of drug-likeness (QED) is 0.724. The van der Waals surface area contributed by atoms with E-state index in [0.717, 1.165) is 48.5 Å². The summed E-state index contributed by atoms with van der Waals surface area (Å²) in [6, 6.07) is 7.40. The Kier molecular flexibility index (Phi) is 4.94. The van der Waals surface area contributed by atoms with E-state index in [4.69, 9.17) is 11.6 Å². The normalized spacial score (nSPS) is 15.3. The van der Waals surface area contributed by atoms with Crippen LogP contribution in [-0.4, -0.2) is 44.0 Å². The fourth-order valence-electron chi connectivity index (χ4n) is 3.47. The van der Waals surface area contributed by atoms with Crippen LogP contribution in [-0.2, 0) is 6.54 Å². The molecule has 1 aliphatic rings. The number of rotatable bonds is 3. The molecule has 0 aliphatic carbocycles. The van der Waals surface area contributed by atoms with Gasteiger partial charge in [0.1, 0.15) is 11.6 Å². The Balaban J connectivity index is 1.31. The van der Waals surface area contributed by atoms with Crippen LogP contribution in [0.2, 0.25) is 5.02 Å². The zero-order valence-corrected chi connectivity index (χ0v) is 15.8. The van der Waals surface area contributed by atoms with Crippen LogP contribution in [0.25, 0.3) is 11.0 Å². The number of halogens is 1. The lowest BCUT2D eigenvalue weighted by Gasteiger charge is -2.31. The third kappa shape index (κ3) is 4.03. The van der Waals surface area contributed by atoms with Crippen LogP contribution in [0.5, 0.6) is 0 Å². The SMILES string of the molecule is Cc1nccc(C2CCN(C(=O)NCc3nc4ccc(Cl)cc4[nH]3)CC2)n1. The molecular formula is C19H21ClN6O. The largest absolute Gasteiger partial charge is 0.340 e. The Morgan fingerprint density at radius 3 is 2.89 bits per heavy atom. The summed E-state index contributed by atoms with van der Waals surface area (Å²) in [7, 11) is 0. The molecule has 8 heteroatoms. The molecule has 1 aliphatic heterocycles. The number of amides is 2. The van der Waals surface area contributed by atoms with Gasteiger partial charge in [0.2, 0.25) is 0 Å². The summed E-state index contributed by atoms with van der Waals surface area (Å²) in [4.78, 5) is 30.6. The van der Waals surface area contributed by atoms with Gasteiger partial charge in [-0.15, -0.1) is 0 Å². The smallest absolute Gasteiger partial charge is 0.317 e. The van der Waals surface area contributed by atoms with E-state index in [1.807, 2.05) is 30.0 Å². The summed E-state index contributed by atoms with van der Waals surface area (Å²) in [5.74, 6) is 1.89. The van der Waals surface area contributed by atoms with Crippen molar-refractivity contribution in [3.05, 3.63) is 52.8 Å². The van der Waals surface area contributed by atoms with Gasteiger partial charge in [-0.25, -0.2) is 19.7 Å². The summed E-state index contributed by atoms with van der Waals surface area (Å²) >= 11 is 5.99. The second-order valence-electron chi connectivity index (χ2n) is 6.79. The minimum atomic E-state index is -0.0641. The Labute approximate surface area is 162 Å². The van der Waals surface area contributed by atoms with E-state index in [1.165, 1.54) is 0 Å². The lowest BCUT2D eigenvalue weighted by Crippen LogP contribution is -2.44. The van der Waals surface area contributed by atoms with Gasteiger partial charge in [0, 0.05) is 35.9 Å². The van der Waals surface area contributed by atoms with Gasteiger partial charge in [-0.05, 0) is 44.0 Å². The molecule has 0 spiro atoms. The minimum absolute atomic E-state index is 0.0641. The lowest BCUT2D eigenvalue weighted by molar-refractivity contribution is 0.180. The highest BCUT2D eigenvalue weighted by molar-refractivity contribution is 6.31. The van der Waals surface area contributed by atoms with Crippen molar-refractivity contribution in [2.24, 2.45) is 0 Å². The number of imidazole rings is 1. The van der Waals surface area contributed by atoms with Crippen molar-refractivity contribution < 1.29 is 4.79 Å². The number of urea groups is 1.